The summed E-state index contributed by atoms with van der Waals surface area (Å²) in [7, 11) is 0. The Bertz CT molecular complexity index is 489. The zero-order valence-electron chi connectivity index (χ0n) is 19.8. The molecule has 3 aliphatic rings. The molecule has 0 aliphatic heterocycles. The highest BCUT2D eigenvalue weighted by Gasteiger charge is 2.40. The molecule has 0 aromatic rings. The minimum absolute atomic E-state index is 0.0323. The van der Waals surface area contributed by atoms with Crippen LogP contribution in [0.25, 0.3) is 0 Å². The molecule has 2 atom stereocenters. The first-order valence-electron chi connectivity index (χ1n) is 13.6. The van der Waals surface area contributed by atoms with Gasteiger partial charge >= 0.3 is 0 Å². The van der Waals surface area contributed by atoms with Crippen LogP contribution in [0.15, 0.2) is 0 Å². The van der Waals surface area contributed by atoms with Crippen molar-refractivity contribution in [3.05, 3.63) is 0 Å². The second-order valence-electron chi connectivity index (χ2n) is 11.3. The average Bonchev–Trinajstić information content (AvgIpc) is 2.79. The highest BCUT2D eigenvalue weighted by Crippen LogP contribution is 2.50. The molecular weight excluding hydrogens is 350 g/mol. The summed E-state index contributed by atoms with van der Waals surface area (Å²) in [6.45, 7) is 4.67. The van der Waals surface area contributed by atoms with Crippen LogP contribution in [0.4, 0.5) is 0 Å². The number of hydrogen-bond acceptors (Lipinski definition) is 1. The SMILES string of the molecule is CCCCCCCC1(C#N)CCCC(C2CCC([C@H]3CC[C@H](CC)CC3)CC2)C1. The zero-order chi connectivity index (χ0) is 20.5. The van der Waals surface area contributed by atoms with Crippen LogP contribution >= 0.6 is 0 Å². The van der Waals surface area contributed by atoms with E-state index < -0.39 is 0 Å². The van der Waals surface area contributed by atoms with Crippen LogP contribution in [-0.2, 0) is 0 Å². The van der Waals surface area contributed by atoms with Gasteiger partial charge in [0.15, 0.2) is 0 Å². The fraction of sp³-hybridized carbons (Fsp3) is 0.964. The second-order valence-corrected chi connectivity index (χ2v) is 11.3. The summed E-state index contributed by atoms with van der Waals surface area (Å²) in [6, 6.07) is 2.85. The summed E-state index contributed by atoms with van der Waals surface area (Å²) in [6.07, 6.45) is 26.4. The fourth-order valence-corrected chi connectivity index (χ4v) is 7.42. The Balaban J connectivity index is 1.43. The Kier molecular flexibility index (Phi) is 9.40. The van der Waals surface area contributed by atoms with E-state index in [1.165, 1.54) is 122 Å². The van der Waals surface area contributed by atoms with Gasteiger partial charge in [0.25, 0.3) is 0 Å². The maximum Gasteiger partial charge on any atom is 0.0689 e. The Morgan fingerprint density at radius 3 is 1.90 bits per heavy atom. The summed E-state index contributed by atoms with van der Waals surface area (Å²) >= 11 is 0. The molecule has 0 bridgehead atoms. The van der Waals surface area contributed by atoms with Crippen molar-refractivity contribution >= 4 is 0 Å². The van der Waals surface area contributed by atoms with Gasteiger partial charge in [-0.15, -0.1) is 0 Å². The molecule has 166 valence electrons. The zero-order valence-corrected chi connectivity index (χ0v) is 19.8. The van der Waals surface area contributed by atoms with Gasteiger partial charge in [-0.1, -0.05) is 78.1 Å². The van der Waals surface area contributed by atoms with E-state index in [1.54, 1.807) is 0 Å². The molecule has 0 heterocycles. The Labute approximate surface area is 182 Å². The van der Waals surface area contributed by atoms with E-state index >= 15 is 0 Å². The van der Waals surface area contributed by atoms with E-state index in [0.717, 1.165) is 29.6 Å². The van der Waals surface area contributed by atoms with Crippen molar-refractivity contribution in [2.45, 2.75) is 136 Å². The lowest BCUT2D eigenvalue weighted by Gasteiger charge is -2.43. The topological polar surface area (TPSA) is 23.8 Å². The van der Waals surface area contributed by atoms with E-state index in [4.69, 9.17) is 0 Å². The molecule has 3 fully saturated rings. The van der Waals surface area contributed by atoms with E-state index in [1.807, 2.05) is 0 Å². The predicted molar refractivity (Wildman–Crippen MR) is 125 cm³/mol. The summed E-state index contributed by atoms with van der Waals surface area (Å²) in [5.41, 5.74) is 0.0323. The lowest BCUT2D eigenvalue weighted by Crippen LogP contribution is -2.34. The third-order valence-electron chi connectivity index (χ3n) is 9.50. The summed E-state index contributed by atoms with van der Waals surface area (Å²) in [5, 5.41) is 10.1. The molecule has 2 unspecified atom stereocenters. The number of nitriles is 1. The van der Waals surface area contributed by atoms with Gasteiger partial charge in [0.2, 0.25) is 0 Å². The van der Waals surface area contributed by atoms with Crippen molar-refractivity contribution in [2.24, 2.45) is 35.0 Å². The number of rotatable bonds is 9. The van der Waals surface area contributed by atoms with Crippen molar-refractivity contribution in [3.63, 3.8) is 0 Å². The first-order chi connectivity index (χ1) is 14.2. The van der Waals surface area contributed by atoms with Gasteiger partial charge in [-0.05, 0) is 87.4 Å². The first kappa shape index (κ1) is 23.2. The molecule has 0 spiro atoms. The molecule has 1 heteroatoms. The molecule has 0 aromatic carbocycles. The van der Waals surface area contributed by atoms with Crippen molar-refractivity contribution in [2.75, 3.05) is 0 Å². The van der Waals surface area contributed by atoms with E-state index in [0.29, 0.717) is 0 Å². The lowest BCUT2D eigenvalue weighted by atomic mass is 9.61. The molecule has 3 saturated carbocycles. The number of nitrogens with zero attached hydrogens (tertiary/aromatic N) is 1. The molecular formula is C28H49N. The summed E-state index contributed by atoms with van der Waals surface area (Å²) in [4.78, 5) is 0. The third kappa shape index (κ3) is 6.48. The van der Waals surface area contributed by atoms with Gasteiger partial charge in [-0.25, -0.2) is 0 Å². The van der Waals surface area contributed by atoms with Crippen molar-refractivity contribution in [1.29, 1.82) is 5.26 Å². The average molecular weight is 400 g/mol. The molecule has 0 N–H and O–H groups in total. The Morgan fingerprint density at radius 1 is 0.724 bits per heavy atom. The smallest absolute Gasteiger partial charge is 0.0689 e. The first-order valence-corrected chi connectivity index (χ1v) is 13.6. The maximum atomic E-state index is 10.1. The van der Waals surface area contributed by atoms with Crippen LogP contribution < -0.4 is 0 Å². The Hall–Kier alpha value is -0.510. The number of hydrogen-bond donors (Lipinski definition) is 0. The molecule has 3 aliphatic carbocycles. The highest BCUT2D eigenvalue weighted by molar-refractivity contribution is 5.03. The van der Waals surface area contributed by atoms with Gasteiger partial charge in [-0.3, -0.25) is 0 Å². The van der Waals surface area contributed by atoms with Crippen molar-refractivity contribution < 1.29 is 0 Å². The Morgan fingerprint density at radius 2 is 1.31 bits per heavy atom. The van der Waals surface area contributed by atoms with Crippen molar-refractivity contribution in [3.8, 4) is 6.07 Å². The van der Waals surface area contributed by atoms with E-state index in [-0.39, 0.29) is 5.41 Å². The van der Waals surface area contributed by atoms with Crippen molar-refractivity contribution in [1.82, 2.24) is 0 Å². The second kappa shape index (κ2) is 11.8. The third-order valence-corrected chi connectivity index (χ3v) is 9.50. The molecule has 0 radical (unpaired) electrons. The van der Waals surface area contributed by atoms with Crippen LogP contribution in [0.3, 0.4) is 0 Å². The number of unbranched alkanes of at least 4 members (excludes halogenated alkanes) is 4. The molecule has 1 nitrogen and oxygen atoms in total. The van der Waals surface area contributed by atoms with Crippen LogP contribution in [0.2, 0.25) is 0 Å². The van der Waals surface area contributed by atoms with Crippen LogP contribution in [0.1, 0.15) is 136 Å². The van der Waals surface area contributed by atoms with Gasteiger partial charge < -0.3 is 0 Å². The standard InChI is InChI=1S/C28H49N/c1-3-5-6-7-8-19-28(22-29)20-9-10-27(21-28)26-17-15-25(16-18-26)24-13-11-23(4-2)12-14-24/h23-27H,3-21H2,1-2H3/t23-,24-,25?,26?,27?,28?. The minimum Gasteiger partial charge on any atom is -0.198 e. The van der Waals surface area contributed by atoms with Gasteiger partial charge in [-0.2, -0.15) is 5.26 Å². The van der Waals surface area contributed by atoms with E-state index in [2.05, 4.69) is 19.9 Å². The maximum absolute atomic E-state index is 10.1. The summed E-state index contributed by atoms with van der Waals surface area (Å²) in [5.74, 6) is 4.91. The van der Waals surface area contributed by atoms with Crippen LogP contribution in [0, 0.1) is 46.3 Å². The fourth-order valence-electron chi connectivity index (χ4n) is 7.42. The monoisotopic (exact) mass is 399 g/mol. The highest BCUT2D eigenvalue weighted by atomic mass is 14.5. The minimum atomic E-state index is 0.0323. The van der Waals surface area contributed by atoms with Gasteiger partial charge in [0, 0.05) is 0 Å². The molecule has 29 heavy (non-hydrogen) atoms. The molecule has 0 saturated heterocycles. The molecule has 3 rings (SSSR count). The van der Waals surface area contributed by atoms with Crippen LogP contribution in [-0.4, -0.2) is 0 Å². The predicted octanol–water partition coefficient (Wildman–Crippen LogP) is 9.07. The molecule has 0 amide bonds. The van der Waals surface area contributed by atoms with E-state index in [9.17, 15) is 5.26 Å². The quantitative estimate of drug-likeness (QED) is 0.355. The lowest BCUT2D eigenvalue weighted by molar-refractivity contribution is 0.0817. The normalized spacial score (nSPS) is 38.4. The largest absolute Gasteiger partial charge is 0.198 e. The van der Waals surface area contributed by atoms with Gasteiger partial charge in [0.1, 0.15) is 0 Å². The molecule has 0 aromatic heterocycles. The van der Waals surface area contributed by atoms with Gasteiger partial charge in [0.05, 0.1) is 11.5 Å². The summed E-state index contributed by atoms with van der Waals surface area (Å²) < 4.78 is 0. The van der Waals surface area contributed by atoms with Crippen LogP contribution in [0.5, 0.6) is 0 Å².